The second-order valence-corrected chi connectivity index (χ2v) is 6.66. The van der Waals surface area contributed by atoms with E-state index in [2.05, 4.69) is 15.6 Å². The molecule has 0 atom stereocenters. The largest absolute Gasteiger partial charge is 0.416 e. The van der Waals surface area contributed by atoms with Crippen molar-refractivity contribution in [2.75, 3.05) is 10.6 Å². The van der Waals surface area contributed by atoms with Crippen LogP contribution in [-0.4, -0.2) is 21.2 Å². The molecule has 0 fully saturated rings. The van der Waals surface area contributed by atoms with Crippen LogP contribution in [0.1, 0.15) is 26.4 Å². The molecule has 2 aromatic carbocycles. The third kappa shape index (κ3) is 4.55. The molecule has 4 rings (SSSR count). The maximum atomic E-state index is 12.9. The molecule has 0 aliphatic heterocycles. The maximum absolute atomic E-state index is 12.9. The van der Waals surface area contributed by atoms with E-state index >= 15 is 0 Å². The summed E-state index contributed by atoms with van der Waals surface area (Å²) in [6.07, 6.45) is -1.17. The van der Waals surface area contributed by atoms with Gasteiger partial charge in [-0.05, 0) is 48.5 Å². The SMILES string of the molecule is O=C(Nc1cccc(C(F)(F)F)c1)c1cccc(NC(=O)c2cn3ccccc3n2)c1. The van der Waals surface area contributed by atoms with Gasteiger partial charge in [0.2, 0.25) is 0 Å². The lowest BCUT2D eigenvalue weighted by atomic mass is 10.1. The molecule has 156 valence electrons. The van der Waals surface area contributed by atoms with E-state index in [1.807, 2.05) is 6.07 Å². The van der Waals surface area contributed by atoms with E-state index in [0.717, 1.165) is 12.1 Å². The highest BCUT2D eigenvalue weighted by molar-refractivity contribution is 6.07. The number of alkyl halides is 3. The van der Waals surface area contributed by atoms with Crippen LogP contribution in [0.25, 0.3) is 5.65 Å². The molecule has 0 radical (unpaired) electrons. The molecular weight excluding hydrogens is 409 g/mol. The first-order valence-corrected chi connectivity index (χ1v) is 9.13. The van der Waals surface area contributed by atoms with Crippen molar-refractivity contribution in [1.82, 2.24) is 9.38 Å². The third-order valence-electron chi connectivity index (χ3n) is 4.43. The summed E-state index contributed by atoms with van der Waals surface area (Å²) in [7, 11) is 0. The number of hydrogen-bond donors (Lipinski definition) is 2. The first kappa shape index (κ1) is 20.1. The molecule has 2 aromatic heterocycles. The summed E-state index contributed by atoms with van der Waals surface area (Å²) in [5, 5.41) is 5.10. The number of carbonyl (C=O) groups is 2. The van der Waals surface area contributed by atoms with Crippen molar-refractivity contribution in [3.8, 4) is 0 Å². The molecule has 2 amide bonds. The highest BCUT2D eigenvalue weighted by atomic mass is 19.4. The summed E-state index contributed by atoms with van der Waals surface area (Å²) in [5.41, 5.74) is 0.480. The van der Waals surface area contributed by atoms with Crippen molar-refractivity contribution in [1.29, 1.82) is 0 Å². The number of halogens is 3. The Balaban J connectivity index is 1.49. The Morgan fingerprint density at radius 1 is 0.839 bits per heavy atom. The van der Waals surface area contributed by atoms with Gasteiger partial charge in [0.1, 0.15) is 11.3 Å². The van der Waals surface area contributed by atoms with Crippen molar-refractivity contribution in [2.45, 2.75) is 6.18 Å². The van der Waals surface area contributed by atoms with Crippen molar-refractivity contribution in [2.24, 2.45) is 0 Å². The first-order valence-electron chi connectivity index (χ1n) is 9.13. The van der Waals surface area contributed by atoms with Crippen LogP contribution in [0.2, 0.25) is 0 Å². The standard InChI is InChI=1S/C22H15F3N4O2/c23-22(24,25)15-6-4-8-17(12-15)26-20(30)14-5-3-7-16(11-14)27-21(31)18-13-29-10-2-1-9-19(29)28-18/h1-13H,(H,26,30)(H,27,31). The fraction of sp³-hybridized carbons (Fsp3) is 0.0455. The molecule has 0 saturated carbocycles. The van der Waals surface area contributed by atoms with Gasteiger partial charge in [-0.1, -0.05) is 18.2 Å². The van der Waals surface area contributed by atoms with Crippen LogP contribution in [0.5, 0.6) is 0 Å². The number of hydrogen-bond acceptors (Lipinski definition) is 3. The number of benzene rings is 2. The number of anilines is 2. The molecule has 0 saturated heterocycles. The van der Waals surface area contributed by atoms with Gasteiger partial charge in [-0.3, -0.25) is 9.59 Å². The molecule has 0 spiro atoms. The number of fused-ring (bicyclic) bond motifs is 1. The summed E-state index contributed by atoms with van der Waals surface area (Å²) in [5.74, 6) is -1.07. The molecule has 6 nitrogen and oxygen atoms in total. The predicted molar refractivity (Wildman–Crippen MR) is 109 cm³/mol. The van der Waals surface area contributed by atoms with Gasteiger partial charge in [-0.25, -0.2) is 4.98 Å². The zero-order valence-corrected chi connectivity index (χ0v) is 15.9. The summed E-state index contributed by atoms with van der Waals surface area (Å²) >= 11 is 0. The number of rotatable bonds is 4. The van der Waals surface area contributed by atoms with Crippen molar-refractivity contribution >= 4 is 28.8 Å². The second kappa shape index (κ2) is 7.94. The third-order valence-corrected chi connectivity index (χ3v) is 4.43. The minimum Gasteiger partial charge on any atom is -0.322 e. The summed E-state index contributed by atoms with van der Waals surface area (Å²) in [4.78, 5) is 29.2. The lowest BCUT2D eigenvalue weighted by Gasteiger charge is -2.10. The molecule has 4 aromatic rings. The molecule has 0 aliphatic rings. The van der Waals surface area contributed by atoms with Gasteiger partial charge in [-0.15, -0.1) is 0 Å². The number of nitrogens with zero attached hydrogens (tertiary/aromatic N) is 2. The van der Waals surface area contributed by atoms with Crippen molar-refractivity contribution < 1.29 is 22.8 Å². The highest BCUT2D eigenvalue weighted by Gasteiger charge is 2.30. The van der Waals surface area contributed by atoms with Crippen LogP contribution in [0.15, 0.2) is 79.1 Å². The molecule has 2 N–H and O–H groups in total. The Morgan fingerprint density at radius 2 is 1.55 bits per heavy atom. The smallest absolute Gasteiger partial charge is 0.322 e. The average Bonchev–Trinajstić information content (AvgIpc) is 3.18. The predicted octanol–water partition coefficient (Wildman–Crippen LogP) is 4.86. The summed E-state index contributed by atoms with van der Waals surface area (Å²) in [6.45, 7) is 0. The van der Waals surface area contributed by atoms with Crippen molar-refractivity contribution in [3.05, 3.63) is 95.9 Å². The Kier molecular flexibility index (Phi) is 5.16. The number of imidazole rings is 1. The molecular formula is C22H15F3N4O2. The summed E-state index contributed by atoms with van der Waals surface area (Å²) < 4.78 is 40.3. The number of amides is 2. The minimum absolute atomic E-state index is 0.0129. The van der Waals surface area contributed by atoms with Crippen LogP contribution in [0.3, 0.4) is 0 Å². The van der Waals surface area contributed by atoms with Crippen LogP contribution >= 0.6 is 0 Å². The normalized spacial score (nSPS) is 11.3. The van der Waals surface area contributed by atoms with Gasteiger partial charge < -0.3 is 15.0 Å². The van der Waals surface area contributed by atoms with Gasteiger partial charge >= 0.3 is 6.18 Å². The fourth-order valence-corrected chi connectivity index (χ4v) is 2.95. The van der Waals surface area contributed by atoms with Gasteiger partial charge in [0, 0.05) is 29.3 Å². The molecule has 2 heterocycles. The maximum Gasteiger partial charge on any atom is 0.416 e. The monoisotopic (exact) mass is 424 g/mol. The van der Waals surface area contributed by atoms with Crippen molar-refractivity contribution in [3.63, 3.8) is 0 Å². The van der Waals surface area contributed by atoms with Gasteiger partial charge in [0.25, 0.3) is 11.8 Å². The second-order valence-electron chi connectivity index (χ2n) is 6.66. The molecule has 31 heavy (non-hydrogen) atoms. The lowest BCUT2D eigenvalue weighted by Crippen LogP contribution is -2.15. The quantitative estimate of drug-likeness (QED) is 0.491. The summed E-state index contributed by atoms with van der Waals surface area (Å²) in [6, 6.07) is 15.8. The zero-order chi connectivity index (χ0) is 22.0. The molecule has 0 bridgehead atoms. The Morgan fingerprint density at radius 3 is 2.29 bits per heavy atom. The van der Waals surface area contributed by atoms with Crippen LogP contribution in [-0.2, 0) is 6.18 Å². The van der Waals surface area contributed by atoms with Crippen LogP contribution < -0.4 is 10.6 Å². The minimum atomic E-state index is -4.51. The van der Waals surface area contributed by atoms with E-state index < -0.39 is 23.6 Å². The van der Waals surface area contributed by atoms with E-state index in [1.165, 1.54) is 24.3 Å². The van der Waals surface area contributed by atoms with Gasteiger partial charge in [0.15, 0.2) is 0 Å². The number of carbonyl (C=O) groups excluding carboxylic acids is 2. The topological polar surface area (TPSA) is 75.5 Å². The number of aromatic nitrogens is 2. The van der Waals surface area contributed by atoms with Crippen LogP contribution in [0, 0.1) is 0 Å². The molecule has 0 unspecified atom stereocenters. The Labute approximate surface area is 174 Å². The van der Waals surface area contributed by atoms with E-state index in [-0.39, 0.29) is 16.9 Å². The average molecular weight is 424 g/mol. The number of pyridine rings is 1. The van der Waals surface area contributed by atoms with E-state index in [1.54, 1.807) is 41.1 Å². The highest BCUT2D eigenvalue weighted by Crippen LogP contribution is 2.30. The van der Waals surface area contributed by atoms with E-state index in [0.29, 0.717) is 11.3 Å². The van der Waals surface area contributed by atoms with Crippen LogP contribution in [0.4, 0.5) is 24.5 Å². The molecule has 0 aliphatic carbocycles. The van der Waals surface area contributed by atoms with E-state index in [4.69, 9.17) is 0 Å². The Hall–Kier alpha value is -4.14. The zero-order valence-electron chi connectivity index (χ0n) is 15.9. The number of nitrogens with one attached hydrogen (secondary N) is 2. The van der Waals surface area contributed by atoms with E-state index in [9.17, 15) is 22.8 Å². The van der Waals surface area contributed by atoms with Gasteiger partial charge in [0.05, 0.1) is 5.56 Å². The van der Waals surface area contributed by atoms with Gasteiger partial charge in [-0.2, -0.15) is 13.2 Å². The lowest BCUT2D eigenvalue weighted by molar-refractivity contribution is -0.137. The Bertz CT molecular complexity index is 1250. The molecule has 9 heteroatoms. The first-order chi connectivity index (χ1) is 14.8. The fourth-order valence-electron chi connectivity index (χ4n) is 2.95.